The van der Waals surface area contributed by atoms with Crippen LogP contribution >= 0.6 is 0 Å². The van der Waals surface area contributed by atoms with Gasteiger partial charge in [-0.1, -0.05) is 0 Å². The van der Waals surface area contributed by atoms with Gasteiger partial charge in [0.15, 0.2) is 0 Å². The van der Waals surface area contributed by atoms with Crippen LogP contribution in [0.15, 0.2) is 23.1 Å². The number of rotatable bonds is 7. The Hall–Kier alpha value is -1.64. The Kier molecular flexibility index (Phi) is 4.81. The molecule has 0 amide bonds. The second-order valence-electron chi connectivity index (χ2n) is 4.68. The third-order valence-electron chi connectivity index (χ3n) is 3.21. The average Bonchev–Trinajstić information content (AvgIpc) is 2.90. The number of sulfonamides is 1. The fraction of sp³-hybridized carbons (Fsp3) is 0.462. The molecule has 1 unspecified atom stereocenters. The predicted molar refractivity (Wildman–Crippen MR) is 73.9 cm³/mol. The number of hydrogen-bond acceptors (Lipinski definition) is 5. The van der Waals surface area contributed by atoms with Gasteiger partial charge in [0.05, 0.1) is 24.0 Å². The van der Waals surface area contributed by atoms with E-state index < -0.39 is 22.1 Å². The Balaban J connectivity index is 2.06. The van der Waals surface area contributed by atoms with Gasteiger partial charge in [-0.15, -0.1) is 0 Å². The molecule has 21 heavy (non-hydrogen) atoms. The number of benzene rings is 1. The van der Waals surface area contributed by atoms with Crippen molar-refractivity contribution in [3.05, 3.63) is 23.8 Å². The number of fused-ring (bicyclic) bond motifs is 1. The predicted octanol–water partition coefficient (Wildman–Crippen LogP) is 0.389. The first-order valence-electron chi connectivity index (χ1n) is 6.42. The highest BCUT2D eigenvalue weighted by molar-refractivity contribution is 7.89. The quantitative estimate of drug-likeness (QED) is 0.754. The van der Waals surface area contributed by atoms with Crippen LogP contribution in [0.25, 0.3) is 0 Å². The van der Waals surface area contributed by atoms with Gasteiger partial charge in [-0.2, -0.15) is 0 Å². The molecule has 0 radical (unpaired) electrons. The summed E-state index contributed by atoms with van der Waals surface area (Å²) in [4.78, 5) is 10.8. The summed E-state index contributed by atoms with van der Waals surface area (Å²) in [5.74, 6) is -0.342. The van der Waals surface area contributed by atoms with E-state index in [4.69, 9.17) is 14.6 Å². The van der Waals surface area contributed by atoms with Crippen LogP contribution in [0, 0.1) is 0 Å². The highest BCUT2D eigenvalue weighted by atomic mass is 32.2. The number of methoxy groups -OCH3 is 1. The molecule has 0 aliphatic carbocycles. The summed E-state index contributed by atoms with van der Waals surface area (Å²) < 4.78 is 37.0. The molecule has 0 saturated carbocycles. The lowest BCUT2D eigenvalue weighted by Crippen LogP contribution is -2.34. The minimum atomic E-state index is -3.70. The third-order valence-corrected chi connectivity index (χ3v) is 4.63. The van der Waals surface area contributed by atoms with Crippen molar-refractivity contribution < 1.29 is 27.8 Å². The van der Waals surface area contributed by atoms with E-state index in [1.54, 1.807) is 12.1 Å². The summed E-state index contributed by atoms with van der Waals surface area (Å²) in [7, 11) is -2.36. The molecule has 0 aromatic heterocycles. The Morgan fingerprint density at radius 1 is 1.52 bits per heavy atom. The Morgan fingerprint density at radius 2 is 2.29 bits per heavy atom. The molecule has 1 heterocycles. The van der Waals surface area contributed by atoms with Crippen LogP contribution in [-0.2, 0) is 26.0 Å². The molecule has 7 nitrogen and oxygen atoms in total. The molecule has 1 aliphatic heterocycles. The number of nitrogens with one attached hydrogen (secondary N) is 1. The van der Waals surface area contributed by atoms with Crippen LogP contribution in [-0.4, -0.2) is 45.9 Å². The minimum Gasteiger partial charge on any atom is -0.493 e. The fourth-order valence-corrected chi connectivity index (χ4v) is 3.17. The maximum Gasteiger partial charge on any atom is 0.306 e. The van der Waals surface area contributed by atoms with Crippen LogP contribution in [0.5, 0.6) is 5.75 Å². The molecule has 116 valence electrons. The van der Waals surface area contributed by atoms with Gasteiger partial charge in [0.25, 0.3) is 0 Å². The maximum atomic E-state index is 12.2. The topological polar surface area (TPSA) is 102 Å². The molecule has 0 spiro atoms. The van der Waals surface area contributed by atoms with Gasteiger partial charge >= 0.3 is 5.97 Å². The number of carboxylic acid groups (broad SMARTS) is 1. The molecule has 0 saturated heterocycles. The summed E-state index contributed by atoms with van der Waals surface area (Å²) in [6, 6.07) is 4.66. The first-order chi connectivity index (χ1) is 9.92. The largest absolute Gasteiger partial charge is 0.493 e. The zero-order valence-electron chi connectivity index (χ0n) is 11.5. The first-order valence-corrected chi connectivity index (χ1v) is 7.90. The van der Waals surface area contributed by atoms with Crippen molar-refractivity contribution in [3.8, 4) is 5.75 Å². The van der Waals surface area contributed by atoms with E-state index in [-0.39, 0.29) is 17.9 Å². The summed E-state index contributed by atoms with van der Waals surface area (Å²) in [6.45, 7) is 0.454. The lowest BCUT2D eigenvalue weighted by atomic mass is 10.2. The SMILES string of the molecule is COC(CNS(=O)(=O)c1ccc2c(c1)CCO2)CC(=O)O. The van der Waals surface area contributed by atoms with Crippen molar-refractivity contribution >= 4 is 16.0 Å². The molecule has 1 aliphatic rings. The zero-order chi connectivity index (χ0) is 15.5. The van der Waals surface area contributed by atoms with E-state index in [2.05, 4.69) is 4.72 Å². The van der Waals surface area contributed by atoms with Gasteiger partial charge in [0, 0.05) is 20.1 Å². The second-order valence-corrected chi connectivity index (χ2v) is 6.44. The number of carbonyl (C=O) groups is 1. The molecular weight excluding hydrogens is 298 g/mol. The molecule has 0 bridgehead atoms. The summed E-state index contributed by atoms with van der Waals surface area (Å²) in [5.41, 5.74) is 0.853. The van der Waals surface area contributed by atoms with Gasteiger partial charge in [-0.05, 0) is 23.8 Å². The van der Waals surface area contributed by atoms with Crippen LogP contribution in [0.4, 0.5) is 0 Å². The number of ether oxygens (including phenoxy) is 2. The minimum absolute atomic E-state index is 0.0985. The van der Waals surface area contributed by atoms with Gasteiger partial charge < -0.3 is 14.6 Å². The number of carboxylic acids is 1. The number of aliphatic carboxylic acids is 1. The lowest BCUT2D eigenvalue weighted by molar-refractivity contribution is -0.139. The van der Waals surface area contributed by atoms with Crippen molar-refractivity contribution in [2.24, 2.45) is 0 Å². The van der Waals surface area contributed by atoms with Gasteiger partial charge in [0.1, 0.15) is 5.75 Å². The smallest absolute Gasteiger partial charge is 0.306 e. The Morgan fingerprint density at radius 3 is 2.95 bits per heavy atom. The van der Waals surface area contributed by atoms with E-state index in [9.17, 15) is 13.2 Å². The summed E-state index contributed by atoms with van der Waals surface area (Å²) in [6.07, 6.45) is -0.301. The first kappa shape index (κ1) is 15.7. The van der Waals surface area contributed by atoms with Crippen molar-refractivity contribution in [2.45, 2.75) is 23.8 Å². The lowest BCUT2D eigenvalue weighted by Gasteiger charge is -2.14. The third kappa shape index (κ3) is 3.93. The maximum absolute atomic E-state index is 12.2. The van der Waals surface area contributed by atoms with Crippen molar-refractivity contribution in [3.63, 3.8) is 0 Å². The monoisotopic (exact) mass is 315 g/mol. The van der Waals surface area contributed by atoms with Crippen molar-refractivity contribution in [1.82, 2.24) is 4.72 Å². The summed E-state index contributed by atoms with van der Waals surface area (Å²) in [5, 5.41) is 8.70. The molecule has 8 heteroatoms. The van der Waals surface area contributed by atoms with Gasteiger partial charge in [0.2, 0.25) is 10.0 Å². The van der Waals surface area contributed by atoms with E-state index in [1.807, 2.05) is 0 Å². The van der Waals surface area contributed by atoms with E-state index in [0.29, 0.717) is 18.8 Å². The molecule has 0 fully saturated rings. The normalized spacial score (nSPS) is 15.3. The van der Waals surface area contributed by atoms with E-state index in [0.717, 1.165) is 5.56 Å². The van der Waals surface area contributed by atoms with Gasteiger partial charge in [-0.3, -0.25) is 4.79 Å². The average molecular weight is 315 g/mol. The molecule has 2 rings (SSSR count). The van der Waals surface area contributed by atoms with Crippen LogP contribution in [0.2, 0.25) is 0 Å². The Labute approximate surface area is 122 Å². The Bertz CT molecular complexity index is 628. The number of hydrogen-bond donors (Lipinski definition) is 2. The van der Waals surface area contributed by atoms with E-state index in [1.165, 1.54) is 13.2 Å². The standard InChI is InChI=1S/C13H17NO6S/c1-19-10(7-13(15)16)8-14-21(17,18)11-2-3-12-9(6-11)4-5-20-12/h2-3,6,10,14H,4-5,7-8H2,1H3,(H,15,16). The van der Waals surface area contributed by atoms with E-state index >= 15 is 0 Å². The van der Waals surface area contributed by atoms with Crippen LogP contribution in [0.1, 0.15) is 12.0 Å². The van der Waals surface area contributed by atoms with Crippen LogP contribution < -0.4 is 9.46 Å². The highest BCUT2D eigenvalue weighted by Gasteiger charge is 2.21. The second kappa shape index (κ2) is 6.42. The zero-order valence-corrected chi connectivity index (χ0v) is 12.4. The van der Waals surface area contributed by atoms with Crippen molar-refractivity contribution in [2.75, 3.05) is 20.3 Å². The highest BCUT2D eigenvalue weighted by Crippen LogP contribution is 2.27. The molecule has 1 atom stereocenters. The van der Waals surface area contributed by atoms with Gasteiger partial charge in [-0.25, -0.2) is 13.1 Å². The molecule has 1 aromatic carbocycles. The molecule has 2 N–H and O–H groups in total. The molecule has 1 aromatic rings. The summed E-state index contributed by atoms with van der Waals surface area (Å²) >= 11 is 0. The van der Waals surface area contributed by atoms with Crippen molar-refractivity contribution in [1.29, 1.82) is 0 Å². The van der Waals surface area contributed by atoms with Crippen LogP contribution in [0.3, 0.4) is 0 Å². The molecular formula is C13H17NO6S. The fourth-order valence-electron chi connectivity index (χ4n) is 2.05.